The largest absolute Gasteiger partial charge is 0.492 e. The highest BCUT2D eigenvalue weighted by Crippen LogP contribution is 2.03. The molecular formula is C9H15NO3. The fourth-order valence-electron chi connectivity index (χ4n) is 0.785. The molecule has 4 nitrogen and oxygen atoms in total. The van der Waals surface area contributed by atoms with Crippen molar-refractivity contribution in [3.05, 3.63) is 12.3 Å². The molecule has 0 bridgehead atoms. The first-order chi connectivity index (χ1) is 6.11. The SMILES string of the molecule is C=C(OCC)C(CC(C)=O)=NOC. The van der Waals surface area contributed by atoms with E-state index in [1.807, 2.05) is 6.92 Å². The van der Waals surface area contributed by atoms with E-state index in [1.54, 1.807) is 0 Å². The quantitative estimate of drug-likeness (QED) is 0.358. The maximum Gasteiger partial charge on any atom is 0.137 e. The molecule has 0 aromatic rings. The van der Waals surface area contributed by atoms with Gasteiger partial charge in [-0.2, -0.15) is 0 Å². The zero-order valence-corrected chi connectivity index (χ0v) is 8.29. The third-order valence-corrected chi connectivity index (χ3v) is 1.26. The lowest BCUT2D eigenvalue weighted by Crippen LogP contribution is -2.10. The van der Waals surface area contributed by atoms with Gasteiger partial charge >= 0.3 is 0 Å². The molecule has 0 atom stereocenters. The summed E-state index contributed by atoms with van der Waals surface area (Å²) in [7, 11) is 1.42. The lowest BCUT2D eigenvalue weighted by atomic mass is 10.2. The fourth-order valence-corrected chi connectivity index (χ4v) is 0.785. The number of nitrogens with zero attached hydrogens (tertiary/aromatic N) is 1. The molecule has 0 saturated carbocycles. The minimum Gasteiger partial charge on any atom is -0.492 e. The molecule has 13 heavy (non-hydrogen) atoms. The van der Waals surface area contributed by atoms with E-state index >= 15 is 0 Å². The van der Waals surface area contributed by atoms with Crippen LogP contribution in [-0.4, -0.2) is 25.2 Å². The van der Waals surface area contributed by atoms with E-state index in [1.165, 1.54) is 14.0 Å². The topological polar surface area (TPSA) is 47.9 Å². The van der Waals surface area contributed by atoms with E-state index in [0.29, 0.717) is 18.1 Å². The molecule has 0 aromatic carbocycles. The number of rotatable bonds is 6. The van der Waals surface area contributed by atoms with Crippen LogP contribution in [0.15, 0.2) is 17.5 Å². The summed E-state index contributed by atoms with van der Waals surface area (Å²) >= 11 is 0. The van der Waals surface area contributed by atoms with Gasteiger partial charge in [-0.25, -0.2) is 0 Å². The van der Waals surface area contributed by atoms with Gasteiger partial charge in [-0.05, 0) is 13.8 Å². The van der Waals surface area contributed by atoms with E-state index in [-0.39, 0.29) is 12.2 Å². The van der Waals surface area contributed by atoms with Gasteiger partial charge in [0, 0.05) is 0 Å². The van der Waals surface area contributed by atoms with E-state index < -0.39 is 0 Å². The fraction of sp³-hybridized carbons (Fsp3) is 0.556. The van der Waals surface area contributed by atoms with Crippen LogP contribution >= 0.6 is 0 Å². The van der Waals surface area contributed by atoms with E-state index in [9.17, 15) is 4.79 Å². The molecule has 0 aliphatic heterocycles. The highest BCUT2D eigenvalue weighted by atomic mass is 16.6. The average Bonchev–Trinajstić information content (AvgIpc) is 2.03. The number of oxime groups is 1. The first-order valence-corrected chi connectivity index (χ1v) is 4.03. The lowest BCUT2D eigenvalue weighted by Gasteiger charge is -2.07. The number of carbonyl (C=O) groups is 1. The Morgan fingerprint density at radius 1 is 1.54 bits per heavy atom. The average molecular weight is 185 g/mol. The normalized spacial score (nSPS) is 10.8. The second-order valence-electron chi connectivity index (χ2n) is 2.46. The van der Waals surface area contributed by atoms with Crippen LogP contribution < -0.4 is 0 Å². The van der Waals surface area contributed by atoms with Crippen LogP contribution in [0.1, 0.15) is 20.3 Å². The Hall–Kier alpha value is -1.32. The zero-order chi connectivity index (χ0) is 10.3. The summed E-state index contributed by atoms with van der Waals surface area (Å²) in [5.74, 6) is 0.385. The van der Waals surface area contributed by atoms with Crippen LogP contribution in [0, 0.1) is 0 Å². The molecule has 0 radical (unpaired) electrons. The Labute approximate surface area is 78.2 Å². The van der Waals surface area contributed by atoms with Crippen LogP contribution in [0.25, 0.3) is 0 Å². The Morgan fingerprint density at radius 2 is 2.15 bits per heavy atom. The van der Waals surface area contributed by atoms with Crippen LogP contribution in [0.5, 0.6) is 0 Å². The van der Waals surface area contributed by atoms with Gasteiger partial charge in [0.15, 0.2) is 0 Å². The molecule has 0 N–H and O–H groups in total. The molecule has 0 heterocycles. The number of ketones is 1. The maximum absolute atomic E-state index is 10.8. The molecule has 0 rings (SSSR count). The van der Waals surface area contributed by atoms with E-state index in [0.717, 1.165) is 0 Å². The van der Waals surface area contributed by atoms with Crippen molar-refractivity contribution >= 4 is 11.5 Å². The molecule has 74 valence electrons. The van der Waals surface area contributed by atoms with Crippen molar-refractivity contribution in [1.82, 2.24) is 0 Å². The highest BCUT2D eigenvalue weighted by molar-refractivity contribution is 6.08. The van der Waals surface area contributed by atoms with Gasteiger partial charge in [0.2, 0.25) is 0 Å². The predicted octanol–water partition coefficient (Wildman–Crippen LogP) is 1.52. The van der Waals surface area contributed by atoms with Crippen molar-refractivity contribution in [2.75, 3.05) is 13.7 Å². The molecule has 0 saturated heterocycles. The number of ether oxygens (including phenoxy) is 1. The van der Waals surface area contributed by atoms with Crippen molar-refractivity contribution in [3.8, 4) is 0 Å². The molecule has 0 aliphatic carbocycles. The van der Waals surface area contributed by atoms with Gasteiger partial charge in [-0.1, -0.05) is 11.7 Å². The monoisotopic (exact) mass is 185 g/mol. The molecule has 0 unspecified atom stereocenters. The molecule has 0 spiro atoms. The molecule has 0 aliphatic rings. The molecular weight excluding hydrogens is 170 g/mol. The Morgan fingerprint density at radius 3 is 2.54 bits per heavy atom. The Bertz CT molecular complexity index is 221. The third kappa shape index (κ3) is 5.00. The smallest absolute Gasteiger partial charge is 0.137 e. The summed E-state index contributed by atoms with van der Waals surface area (Å²) in [5.41, 5.74) is 0.442. The second kappa shape index (κ2) is 6.22. The van der Waals surface area contributed by atoms with Crippen LogP contribution in [0.4, 0.5) is 0 Å². The van der Waals surface area contributed by atoms with Gasteiger partial charge in [0.1, 0.15) is 24.4 Å². The van der Waals surface area contributed by atoms with Crippen molar-refractivity contribution < 1.29 is 14.4 Å². The maximum atomic E-state index is 10.8. The summed E-state index contributed by atoms with van der Waals surface area (Å²) < 4.78 is 5.10. The van der Waals surface area contributed by atoms with Gasteiger partial charge in [0.25, 0.3) is 0 Å². The van der Waals surface area contributed by atoms with E-state index in [4.69, 9.17) is 4.74 Å². The van der Waals surface area contributed by atoms with Gasteiger partial charge in [-0.15, -0.1) is 0 Å². The zero-order valence-electron chi connectivity index (χ0n) is 8.29. The molecule has 0 amide bonds. The first kappa shape index (κ1) is 11.7. The summed E-state index contributed by atoms with van der Waals surface area (Å²) in [5, 5.41) is 3.65. The number of Topliss-reactive ketones (excluding diaryl/α,β-unsaturated/α-hetero) is 1. The van der Waals surface area contributed by atoms with Crippen molar-refractivity contribution in [3.63, 3.8) is 0 Å². The van der Waals surface area contributed by atoms with Crippen LogP contribution in [0.2, 0.25) is 0 Å². The van der Waals surface area contributed by atoms with Crippen LogP contribution in [0.3, 0.4) is 0 Å². The predicted molar refractivity (Wildman–Crippen MR) is 50.5 cm³/mol. The van der Waals surface area contributed by atoms with Crippen LogP contribution in [-0.2, 0) is 14.4 Å². The number of allylic oxidation sites excluding steroid dienone is 1. The molecule has 0 fully saturated rings. The minimum atomic E-state index is -0.00310. The van der Waals surface area contributed by atoms with Crippen molar-refractivity contribution in [1.29, 1.82) is 0 Å². The van der Waals surface area contributed by atoms with Gasteiger partial charge < -0.3 is 9.57 Å². The summed E-state index contributed by atoms with van der Waals surface area (Å²) in [6.07, 6.45) is 0.187. The van der Waals surface area contributed by atoms with Gasteiger partial charge in [0.05, 0.1) is 13.0 Å². The molecule has 4 heteroatoms. The Kier molecular flexibility index (Phi) is 5.59. The number of hydrogen-bond donors (Lipinski definition) is 0. The highest BCUT2D eigenvalue weighted by Gasteiger charge is 2.09. The summed E-state index contributed by atoms with van der Waals surface area (Å²) in [6.45, 7) is 7.44. The standard InChI is InChI=1S/C9H15NO3/c1-5-13-8(3)9(10-12-4)6-7(2)11/h3,5-6H2,1-2,4H3. The minimum absolute atomic E-state index is 0.00310. The first-order valence-electron chi connectivity index (χ1n) is 4.03. The molecule has 0 aromatic heterocycles. The summed E-state index contributed by atoms with van der Waals surface area (Å²) in [6, 6.07) is 0. The van der Waals surface area contributed by atoms with E-state index in [2.05, 4.69) is 16.6 Å². The van der Waals surface area contributed by atoms with Gasteiger partial charge in [-0.3, -0.25) is 4.79 Å². The lowest BCUT2D eigenvalue weighted by molar-refractivity contribution is -0.115. The number of hydrogen-bond acceptors (Lipinski definition) is 4. The summed E-state index contributed by atoms with van der Waals surface area (Å²) in [4.78, 5) is 15.4. The van der Waals surface area contributed by atoms with Crippen molar-refractivity contribution in [2.24, 2.45) is 5.16 Å². The number of carbonyl (C=O) groups excluding carboxylic acids is 1. The third-order valence-electron chi connectivity index (χ3n) is 1.26. The van der Waals surface area contributed by atoms with Crippen molar-refractivity contribution in [2.45, 2.75) is 20.3 Å². The second-order valence-corrected chi connectivity index (χ2v) is 2.46. The Balaban J connectivity index is 4.33.